The van der Waals surface area contributed by atoms with Crippen LogP contribution < -0.4 is 4.74 Å². The molecule has 0 bridgehead atoms. The van der Waals surface area contributed by atoms with Crippen molar-refractivity contribution in [1.82, 2.24) is 9.97 Å². The largest absolute Gasteiger partial charge is 0.485 e. The molecule has 0 aliphatic rings. The summed E-state index contributed by atoms with van der Waals surface area (Å²) in [6, 6.07) is 5.78. The lowest BCUT2D eigenvalue weighted by atomic mass is 10.1. The molecule has 1 aromatic heterocycles. The fraction of sp³-hybridized carbons (Fsp3) is 0.231. The number of aliphatic hydroxyl groups excluding tert-OH is 1. The third-order valence-electron chi connectivity index (χ3n) is 2.63. The van der Waals surface area contributed by atoms with Crippen LogP contribution in [-0.2, 0) is 6.61 Å². The number of rotatable bonds is 5. The van der Waals surface area contributed by atoms with E-state index in [1.807, 2.05) is 0 Å². The van der Waals surface area contributed by atoms with Gasteiger partial charge in [-0.1, -0.05) is 0 Å². The van der Waals surface area contributed by atoms with Crippen LogP contribution in [0.15, 0.2) is 36.7 Å². The molecule has 7 nitrogen and oxygen atoms in total. The Morgan fingerprint density at radius 1 is 1.40 bits per heavy atom. The van der Waals surface area contributed by atoms with Crippen LogP contribution in [-0.4, -0.2) is 20.0 Å². The van der Waals surface area contributed by atoms with E-state index >= 15 is 0 Å². The third-order valence-corrected chi connectivity index (χ3v) is 2.63. The molecule has 1 atom stereocenters. The van der Waals surface area contributed by atoms with Gasteiger partial charge in [-0.15, -0.1) is 0 Å². The van der Waals surface area contributed by atoms with Gasteiger partial charge in [0.15, 0.2) is 5.82 Å². The van der Waals surface area contributed by atoms with Gasteiger partial charge >= 0.3 is 0 Å². The summed E-state index contributed by atoms with van der Waals surface area (Å²) in [5.41, 5.74) is 0.263. The van der Waals surface area contributed by atoms with Crippen molar-refractivity contribution in [3.05, 3.63) is 58.2 Å². The predicted molar refractivity (Wildman–Crippen MR) is 70.1 cm³/mol. The zero-order valence-electron chi connectivity index (χ0n) is 10.8. The number of ether oxygens (including phenoxy) is 1. The number of nitro benzene ring substituents is 1. The number of aromatic nitrogens is 2. The lowest BCUT2D eigenvalue weighted by Crippen LogP contribution is -2.04. The SMILES string of the molecule is CC(O)c1cc([N+](=O)[O-])ccc1OCc1ncccn1. The number of non-ortho nitro benzene ring substituents is 1. The Labute approximate surface area is 115 Å². The summed E-state index contributed by atoms with van der Waals surface area (Å²) in [6.07, 6.45) is 2.32. The molecule has 0 saturated heterocycles. The van der Waals surface area contributed by atoms with Gasteiger partial charge in [0, 0.05) is 30.1 Å². The predicted octanol–water partition coefficient (Wildman–Crippen LogP) is 2.02. The summed E-state index contributed by atoms with van der Waals surface area (Å²) < 4.78 is 5.51. The van der Waals surface area contributed by atoms with Crippen molar-refractivity contribution in [2.24, 2.45) is 0 Å². The smallest absolute Gasteiger partial charge is 0.270 e. The van der Waals surface area contributed by atoms with Crippen LogP contribution in [0.25, 0.3) is 0 Å². The summed E-state index contributed by atoms with van der Waals surface area (Å²) >= 11 is 0. The molecule has 20 heavy (non-hydrogen) atoms. The highest BCUT2D eigenvalue weighted by atomic mass is 16.6. The van der Waals surface area contributed by atoms with Gasteiger partial charge in [-0.3, -0.25) is 10.1 Å². The van der Waals surface area contributed by atoms with E-state index in [9.17, 15) is 15.2 Å². The second-order valence-corrected chi connectivity index (χ2v) is 4.11. The van der Waals surface area contributed by atoms with Crippen LogP contribution in [0.5, 0.6) is 5.75 Å². The molecule has 1 unspecified atom stereocenters. The van der Waals surface area contributed by atoms with Crippen molar-refractivity contribution in [3.8, 4) is 5.75 Å². The first-order valence-electron chi connectivity index (χ1n) is 5.93. The van der Waals surface area contributed by atoms with E-state index in [-0.39, 0.29) is 12.3 Å². The molecule has 104 valence electrons. The molecule has 2 aromatic rings. The molecule has 0 aliphatic heterocycles. The molecule has 0 fully saturated rings. The Hall–Kier alpha value is -2.54. The summed E-state index contributed by atoms with van der Waals surface area (Å²) in [5, 5.41) is 20.4. The van der Waals surface area contributed by atoms with E-state index in [2.05, 4.69) is 9.97 Å². The number of benzene rings is 1. The molecule has 2 rings (SSSR count). The molecule has 1 aromatic carbocycles. The van der Waals surface area contributed by atoms with E-state index < -0.39 is 11.0 Å². The van der Waals surface area contributed by atoms with Gasteiger partial charge in [0.05, 0.1) is 11.0 Å². The Balaban J connectivity index is 2.20. The Kier molecular flexibility index (Phi) is 4.21. The van der Waals surface area contributed by atoms with E-state index in [0.29, 0.717) is 17.1 Å². The van der Waals surface area contributed by atoms with Crippen LogP contribution >= 0.6 is 0 Å². The molecule has 0 spiro atoms. The van der Waals surface area contributed by atoms with E-state index in [1.165, 1.54) is 25.1 Å². The van der Waals surface area contributed by atoms with Crippen LogP contribution in [0.4, 0.5) is 5.69 Å². The summed E-state index contributed by atoms with van der Waals surface area (Å²) in [5.74, 6) is 0.862. The molecule has 7 heteroatoms. The molecular formula is C13H13N3O4. The molecule has 1 N–H and O–H groups in total. The number of nitro groups is 1. The van der Waals surface area contributed by atoms with Gasteiger partial charge in [-0.25, -0.2) is 9.97 Å². The average Bonchev–Trinajstić information content (AvgIpc) is 2.45. The first-order valence-corrected chi connectivity index (χ1v) is 5.93. The Morgan fingerprint density at radius 3 is 2.70 bits per heavy atom. The van der Waals surface area contributed by atoms with Gasteiger partial charge in [-0.05, 0) is 19.1 Å². The van der Waals surface area contributed by atoms with Crippen LogP contribution in [0, 0.1) is 10.1 Å². The number of aliphatic hydroxyl groups is 1. The van der Waals surface area contributed by atoms with Crippen LogP contribution in [0.3, 0.4) is 0 Å². The lowest BCUT2D eigenvalue weighted by molar-refractivity contribution is -0.385. The Morgan fingerprint density at radius 2 is 2.10 bits per heavy atom. The zero-order chi connectivity index (χ0) is 14.5. The fourth-order valence-electron chi connectivity index (χ4n) is 1.65. The van der Waals surface area contributed by atoms with Crippen molar-refractivity contribution in [2.45, 2.75) is 19.6 Å². The number of nitrogens with zero attached hydrogens (tertiary/aromatic N) is 3. The molecule has 0 saturated carbocycles. The molecule has 1 heterocycles. The van der Waals surface area contributed by atoms with Gasteiger partial charge in [0.2, 0.25) is 0 Å². The van der Waals surface area contributed by atoms with Gasteiger partial charge < -0.3 is 9.84 Å². The maximum absolute atomic E-state index is 10.7. The van der Waals surface area contributed by atoms with Crippen molar-refractivity contribution >= 4 is 5.69 Å². The van der Waals surface area contributed by atoms with Gasteiger partial charge in [-0.2, -0.15) is 0 Å². The highest BCUT2D eigenvalue weighted by Crippen LogP contribution is 2.29. The second kappa shape index (κ2) is 6.07. The minimum atomic E-state index is -0.874. The summed E-state index contributed by atoms with van der Waals surface area (Å²) in [6.45, 7) is 1.64. The monoisotopic (exact) mass is 275 g/mol. The first-order chi connectivity index (χ1) is 9.58. The van der Waals surface area contributed by atoms with Crippen LogP contribution in [0.2, 0.25) is 0 Å². The lowest BCUT2D eigenvalue weighted by Gasteiger charge is -2.12. The van der Waals surface area contributed by atoms with Crippen LogP contribution in [0.1, 0.15) is 24.4 Å². The number of hydrogen-bond donors (Lipinski definition) is 1. The maximum atomic E-state index is 10.7. The van der Waals surface area contributed by atoms with Crippen molar-refractivity contribution in [3.63, 3.8) is 0 Å². The third kappa shape index (κ3) is 3.27. The fourth-order valence-corrected chi connectivity index (χ4v) is 1.65. The van der Waals surface area contributed by atoms with E-state index in [0.717, 1.165) is 0 Å². The minimum Gasteiger partial charge on any atom is -0.485 e. The van der Waals surface area contributed by atoms with Crippen molar-refractivity contribution in [1.29, 1.82) is 0 Å². The minimum absolute atomic E-state index is 0.0933. The number of hydrogen-bond acceptors (Lipinski definition) is 6. The molecule has 0 radical (unpaired) electrons. The highest BCUT2D eigenvalue weighted by Gasteiger charge is 2.15. The van der Waals surface area contributed by atoms with Gasteiger partial charge in [0.1, 0.15) is 12.4 Å². The average molecular weight is 275 g/mol. The van der Waals surface area contributed by atoms with Gasteiger partial charge in [0.25, 0.3) is 5.69 Å². The van der Waals surface area contributed by atoms with E-state index in [4.69, 9.17) is 4.74 Å². The zero-order valence-corrected chi connectivity index (χ0v) is 10.8. The summed E-state index contributed by atoms with van der Waals surface area (Å²) in [4.78, 5) is 18.2. The standard InChI is InChI=1S/C13H13N3O4/c1-9(17)11-7-10(16(18)19)3-4-12(11)20-8-13-14-5-2-6-15-13/h2-7,9,17H,8H2,1H3. The Bertz CT molecular complexity index is 602. The quantitative estimate of drug-likeness (QED) is 0.662. The van der Waals surface area contributed by atoms with Crippen molar-refractivity contribution < 1.29 is 14.8 Å². The topological polar surface area (TPSA) is 98.4 Å². The first kappa shape index (κ1) is 13.9. The maximum Gasteiger partial charge on any atom is 0.270 e. The molecule has 0 aliphatic carbocycles. The second-order valence-electron chi connectivity index (χ2n) is 4.11. The van der Waals surface area contributed by atoms with Crippen molar-refractivity contribution in [2.75, 3.05) is 0 Å². The normalized spacial score (nSPS) is 11.9. The summed E-state index contributed by atoms with van der Waals surface area (Å²) in [7, 11) is 0. The molecular weight excluding hydrogens is 262 g/mol. The van der Waals surface area contributed by atoms with E-state index in [1.54, 1.807) is 18.5 Å². The highest BCUT2D eigenvalue weighted by molar-refractivity contribution is 5.44. The molecule has 0 amide bonds.